The third-order valence-corrected chi connectivity index (χ3v) is 5.15. The van der Waals surface area contributed by atoms with Gasteiger partial charge in [0.25, 0.3) is 5.91 Å². The van der Waals surface area contributed by atoms with Crippen molar-refractivity contribution >= 4 is 54.6 Å². The van der Waals surface area contributed by atoms with E-state index in [1.807, 2.05) is 0 Å². The first-order chi connectivity index (χ1) is 13.8. The Morgan fingerprint density at radius 1 is 1.14 bits per heavy atom. The van der Waals surface area contributed by atoms with Crippen molar-refractivity contribution in [2.75, 3.05) is 7.11 Å². The molecule has 0 spiro atoms. The van der Waals surface area contributed by atoms with Crippen LogP contribution in [0.2, 0.25) is 0 Å². The summed E-state index contributed by atoms with van der Waals surface area (Å²) >= 11 is 6.64. The summed E-state index contributed by atoms with van der Waals surface area (Å²) in [4.78, 5) is 36.6. The molecular formula is C20H16Br2N2O5. The average molecular weight is 524 g/mol. The predicted octanol–water partition coefficient (Wildman–Crippen LogP) is 3.15. The Kier molecular flexibility index (Phi) is 6.39. The van der Waals surface area contributed by atoms with Crippen LogP contribution < -0.4 is 21.4 Å². The Morgan fingerprint density at radius 3 is 2.45 bits per heavy atom. The van der Waals surface area contributed by atoms with Gasteiger partial charge in [0.15, 0.2) is 0 Å². The van der Waals surface area contributed by atoms with Crippen LogP contribution >= 0.6 is 31.9 Å². The number of primary amides is 1. The molecule has 1 heterocycles. The molecule has 0 bridgehead atoms. The zero-order chi connectivity index (χ0) is 21.1. The van der Waals surface area contributed by atoms with Crippen molar-refractivity contribution in [1.82, 2.24) is 5.32 Å². The van der Waals surface area contributed by atoms with Gasteiger partial charge in [0.2, 0.25) is 5.91 Å². The number of nitrogens with two attached hydrogens (primary N) is 1. The Bertz CT molecular complexity index is 1140. The predicted molar refractivity (Wildman–Crippen MR) is 115 cm³/mol. The van der Waals surface area contributed by atoms with Crippen molar-refractivity contribution in [2.45, 2.75) is 12.5 Å². The number of fused-ring (bicyclic) bond motifs is 1. The molecule has 29 heavy (non-hydrogen) atoms. The number of nitrogens with one attached hydrogen (secondary N) is 1. The van der Waals surface area contributed by atoms with Crippen LogP contribution in [0.5, 0.6) is 5.75 Å². The number of benzene rings is 2. The standard InChI is InChI=1S/C20H16Br2N2O5/c1-28-14-2-3-15-10(7-18(25)29-17(15)9-14)6-16(19(23)26)24-20(27)11-4-12(21)8-13(22)5-11/h2-5,7-9,16H,6H2,1H3,(H2,23,26)(H,24,27)/t16-/m1/s1. The number of hydrogen-bond acceptors (Lipinski definition) is 5. The molecule has 150 valence electrons. The van der Waals surface area contributed by atoms with Crippen molar-refractivity contribution in [2.24, 2.45) is 5.73 Å². The normalized spacial score (nSPS) is 11.8. The van der Waals surface area contributed by atoms with Gasteiger partial charge < -0.3 is 20.2 Å². The molecule has 0 radical (unpaired) electrons. The first-order valence-electron chi connectivity index (χ1n) is 8.44. The van der Waals surface area contributed by atoms with Gasteiger partial charge >= 0.3 is 5.63 Å². The number of carbonyl (C=O) groups is 2. The highest BCUT2D eigenvalue weighted by molar-refractivity contribution is 9.11. The van der Waals surface area contributed by atoms with E-state index in [-0.39, 0.29) is 6.42 Å². The summed E-state index contributed by atoms with van der Waals surface area (Å²) in [5.74, 6) is -0.662. The van der Waals surface area contributed by atoms with E-state index < -0.39 is 23.5 Å². The van der Waals surface area contributed by atoms with Crippen LogP contribution in [0.15, 0.2) is 60.6 Å². The molecule has 7 nitrogen and oxygen atoms in total. The van der Waals surface area contributed by atoms with Gasteiger partial charge in [-0.25, -0.2) is 4.79 Å². The molecule has 2 amide bonds. The van der Waals surface area contributed by atoms with E-state index in [9.17, 15) is 14.4 Å². The molecule has 2 aromatic carbocycles. The van der Waals surface area contributed by atoms with Gasteiger partial charge in [0, 0.05) is 38.4 Å². The van der Waals surface area contributed by atoms with Gasteiger partial charge in [0.05, 0.1) is 7.11 Å². The van der Waals surface area contributed by atoms with E-state index >= 15 is 0 Å². The second kappa shape index (κ2) is 8.79. The second-order valence-electron chi connectivity index (χ2n) is 6.24. The molecule has 9 heteroatoms. The van der Waals surface area contributed by atoms with Gasteiger partial charge in [-0.05, 0) is 35.9 Å². The fourth-order valence-corrected chi connectivity index (χ4v) is 4.17. The first-order valence-corrected chi connectivity index (χ1v) is 10.0. The van der Waals surface area contributed by atoms with Gasteiger partial charge in [0.1, 0.15) is 17.4 Å². The zero-order valence-electron chi connectivity index (χ0n) is 15.2. The minimum Gasteiger partial charge on any atom is -0.497 e. The molecule has 0 aliphatic heterocycles. The van der Waals surface area contributed by atoms with Gasteiger partial charge in [-0.3, -0.25) is 9.59 Å². The fourth-order valence-electron chi connectivity index (χ4n) is 2.88. The Morgan fingerprint density at radius 2 is 1.83 bits per heavy atom. The lowest BCUT2D eigenvalue weighted by Gasteiger charge is -2.17. The quantitative estimate of drug-likeness (QED) is 0.482. The van der Waals surface area contributed by atoms with Crippen LogP contribution in [0.4, 0.5) is 0 Å². The summed E-state index contributed by atoms with van der Waals surface area (Å²) in [7, 11) is 1.50. The first kappa shape index (κ1) is 21.1. The number of halogens is 2. The van der Waals surface area contributed by atoms with Crippen molar-refractivity contribution in [3.05, 3.63) is 73.0 Å². The number of methoxy groups -OCH3 is 1. The number of carbonyl (C=O) groups excluding carboxylic acids is 2. The molecule has 0 unspecified atom stereocenters. The Hall–Kier alpha value is -2.65. The van der Waals surface area contributed by atoms with Crippen LogP contribution in [0.25, 0.3) is 11.0 Å². The van der Waals surface area contributed by atoms with E-state index in [4.69, 9.17) is 14.9 Å². The van der Waals surface area contributed by atoms with Gasteiger partial charge in [-0.15, -0.1) is 0 Å². The van der Waals surface area contributed by atoms with Crippen LogP contribution in [0.1, 0.15) is 15.9 Å². The van der Waals surface area contributed by atoms with Gasteiger partial charge in [-0.1, -0.05) is 31.9 Å². The molecule has 1 atom stereocenters. The highest BCUT2D eigenvalue weighted by Gasteiger charge is 2.22. The summed E-state index contributed by atoms with van der Waals surface area (Å²) in [6.45, 7) is 0. The number of rotatable bonds is 6. The van der Waals surface area contributed by atoms with E-state index in [1.165, 1.54) is 13.2 Å². The summed E-state index contributed by atoms with van der Waals surface area (Å²) in [5.41, 5.74) is 6.12. The third-order valence-electron chi connectivity index (χ3n) is 4.23. The maximum atomic E-state index is 12.6. The second-order valence-corrected chi connectivity index (χ2v) is 8.07. The molecule has 3 aromatic rings. The summed E-state index contributed by atoms with van der Waals surface area (Å²) in [5, 5.41) is 3.25. The highest BCUT2D eigenvalue weighted by Crippen LogP contribution is 2.24. The largest absolute Gasteiger partial charge is 0.497 e. The minimum atomic E-state index is -1.02. The molecule has 3 N–H and O–H groups in total. The topological polar surface area (TPSA) is 112 Å². The van der Waals surface area contributed by atoms with E-state index in [0.717, 1.165) is 0 Å². The molecular weight excluding hydrogens is 508 g/mol. The van der Waals surface area contributed by atoms with E-state index in [0.29, 0.717) is 36.8 Å². The Balaban J connectivity index is 1.92. The lowest BCUT2D eigenvalue weighted by Crippen LogP contribution is -2.46. The summed E-state index contributed by atoms with van der Waals surface area (Å²) in [6, 6.07) is 10.3. The van der Waals surface area contributed by atoms with E-state index in [1.54, 1.807) is 36.4 Å². The molecule has 1 aromatic heterocycles. The molecule has 0 aliphatic carbocycles. The van der Waals surface area contributed by atoms with Crippen LogP contribution in [0.3, 0.4) is 0 Å². The third kappa shape index (κ3) is 5.04. The average Bonchev–Trinajstić information content (AvgIpc) is 2.65. The van der Waals surface area contributed by atoms with Gasteiger partial charge in [-0.2, -0.15) is 0 Å². The zero-order valence-corrected chi connectivity index (χ0v) is 18.4. The maximum Gasteiger partial charge on any atom is 0.336 e. The lowest BCUT2D eigenvalue weighted by atomic mass is 10.0. The van der Waals surface area contributed by atoms with Crippen molar-refractivity contribution in [3.8, 4) is 5.75 Å². The highest BCUT2D eigenvalue weighted by atomic mass is 79.9. The molecule has 0 saturated carbocycles. The summed E-state index contributed by atoms with van der Waals surface area (Å²) in [6.07, 6.45) is 0.0324. The summed E-state index contributed by atoms with van der Waals surface area (Å²) < 4.78 is 11.8. The fraction of sp³-hybridized carbons (Fsp3) is 0.150. The Labute approximate surface area is 182 Å². The number of amides is 2. The lowest BCUT2D eigenvalue weighted by molar-refractivity contribution is -0.119. The van der Waals surface area contributed by atoms with Crippen molar-refractivity contribution in [1.29, 1.82) is 0 Å². The van der Waals surface area contributed by atoms with Crippen molar-refractivity contribution in [3.63, 3.8) is 0 Å². The number of hydrogen-bond donors (Lipinski definition) is 2. The molecule has 0 fully saturated rings. The molecule has 0 aliphatic rings. The SMILES string of the molecule is COc1ccc2c(C[C@@H](NC(=O)c3cc(Br)cc(Br)c3)C(N)=O)cc(=O)oc2c1. The van der Waals surface area contributed by atoms with E-state index in [2.05, 4.69) is 37.2 Å². The van der Waals surface area contributed by atoms with Crippen LogP contribution in [0, 0.1) is 0 Å². The van der Waals surface area contributed by atoms with Crippen LogP contribution in [-0.4, -0.2) is 25.0 Å². The smallest absolute Gasteiger partial charge is 0.336 e. The minimum absolute atomic E-state index is 0.0324. The maximum absolute atomic E-state index is 12.6. The molecule has 3 rings (SSSR count). The monoisotopic (exact) mass is 522 g/mol. The van der Waals surface area contributed by atoms with Crippen molar-refractivity contribution < 1.29 is 18.7 Å². The van der Waals surface area contributed by atoms with Crippen LogP contribution in [-0.2, 0) is 11.2 Å². The molecule has 0 saturated heterocycles. The number of ether oxygens (including phenoxy) is 1.